The molecule has 2 aromatic carbocycles. The lowest BCUT2D eigenvalue weighted by atomic mass is 10.2. The molecule has 4 nitrogen and oxygen atoms in total. The quantitative estimate of drug-likeness (QED) is 0.638. The molecular weight excluding hydrogens is 365 g/mol. The van der Waals surface area contributed by atoms with Gasteiger partial charge in [-0.3, -0.25) is 14.5 Å². The molecule has 0 spiro atoms. The second-order valence-electron chi connectivity index (χ2n) is 6.30. The minimum absolute atomic E-state index is 0.117. The highest BCUT2D eigenvalue weighted by Crippen LogP contribution is 2.34. The number of carbonyl (C=O) groups is 2. The first kappa shape index (κ1) is 19.2. The van der Waals surface area contributed by atoms with Crippen molar-refractivity contribution >= 4 is 29.0 Å². The van der Waals surface area contributed by atoms with E-state index in [0.29, 0.717) is 17.3 Å². The zero-order valence-corrected chi connectivity index (χ0v) is 16.0. The van der Waals surface area contributed by atoms with Crippen LogP contribution >= 0.6 is 11.8 Å². The predicted molar refractivity (Wildman–Crippen MR) is 105 cm³/mol. The fourth-order valence-electron chi connectivity index (χ4n) is 2.64. The lowest BCUT2D eigenvalue weighted by Crippen LogP contribution is -2.36. The van der Waals surface area contributed by atoms with Crippen LogP contribution in [0.25, 0.3) is 6.08 Å². The number of amides is 2. The Balaban J connectivity index is 1.72. The lowest BCUT2D eigenvalue weighted by molar-refractivity contribution is -0.124. The summed E-state index contributed by atoms with van der Waals surface area (Å²) in [6.45, 7) is 4.12. The molecule has 1 aliphatic heterocycles. The first-order valence-electron chi connectivity index (χ1n) is 8.72. The van der Waals surface area contributed by atoms with Gasteiger partial charge in [-0.15, -0.1) is 0 Å². The van der Waals surface area contributed by atoms with E-state index in [0.717, 1.165) is 29.3 Å². The van der Waals surface area contributed by atoms with Gasteiger partial charge in [-0.2, -0.15) is 0 Å². The van der Waals surface area contributed by atoms with Crippen molar-refractivity contribution in [3.05, 3.63) is 70.4 Å². The average molecular weight is 385 g/mol. The second-order valence-corrected chi connectivity index (χ2v) is 7.29. The molecule has 1 fully saturated rings. The van der Waals surface area contributed by atoms with Crippen LogP contribution in [0.1, 0.15) is 31.4 Å². The topological polar surface area (TPSA) is 46.6 Å². The highest BCUT2D eigenvalue weighted by atomic mass is 32.2. The van der Waals surface area contributed by atoms with E-state index >= 15 is 0 Å². The van der Waals surface area contributed by atoms with E-state index in [-0.39, 0.29) is 23.0 Å². The summed E-state index contributed by atoms with van der Waals surface area (Å²) in [6.07, 6.45) is 2.43. The van der Waals surface area contributed by atoms with Crippen LogP contribution < -0.4 is 4.74 Å². The first-order chi connectivity index (χ1) is 13.0. The average Bonchev–Trinajstić information content (AvgIpc) is 2.94. The minimum Gasteiger partial charge on any atom is -0.489 e. The molecule has 1 heterocycles. The molecule has 0 saturated carbocycles. The molecule has 0 aromatic heterocycles. The molecule has 0 aliphatic carbocycles. The smallest absolute Gasteiger partial charge is 0.293 e. The monoisotopic (exact) mass is 385 g/mol. The van der Waals surface area contributed by atoms with Crippen LogP contribution in [0.3, 0.4) is 0 Å². The third-order valence-electron chi connectivity index (χ3n) is 4.33. The van der Waals surface area contributed by atoms with Crippen LogP contribution in [-0.2, 0) is 11.4 Å². The molecule has 0 radical (unpaired) electrons. The van der Waals surface area contributed by atoms with Crippen LogP contribution in [0.2, 0.25) is 0 Å². The number of benzene rings is 2. The van der Waals surface area contributed by atoms with E-state index in [4.69, 9.17) is 4.74 Å². The Morgan fingerprint density at radius 3 is 2.63 bits per heavy atom. The molecule has 140 valence electrons. The third-order valence-corrected chi connectivity index (χ3v) is 5.21. The second kappa shape index (κ2) is 8.39. The van der Waals surface area contributed by atoms with E-state index in [1.54, 1.807) is 24.3 Å². The maximum Gasteiger partial charge on any atom is 0.293 e. The highest BCUT2D eigenvalue weighted by Gasteiger charge is 2.37. The van der Waals surface area contributed by atoms with Crippen LogP contribution in [0.5, 0.6) is 5.75 Å². The van der Waals surface area contributed by atoms with Crippen molar-refractivity contribution < 1.29 is 18.7 Å². The Morgan fingerprint density at radius 2 is 1.93 bits per heavy atom. The number of hydrogen-bond donors (Lipinski definition) is 0. The predicted octanol–water partition coefficient (Wildman–Crippen LogP) is 5.24. The van der Waals surface area contributed by atoms with Crippen LogP contribution in [0.4, 0.5) is 9.18 Å². The number of hydrogen-bond acceptors (Lipinski definition) is 4. The summed E-state index contributed by atoms with van der Waals surface area (Å²) in [5.74, 6) is 0.0956. The number of thioether (sulfide) groups is 1. The first-order valence-corrected chi connectivity index (χ1v) is 9.54. The van der Waals surface area contributed by atoms with Crippen molar-refractivity contribution in [3.63, 3.8) is 0 Å². The molecule has 0 bridgehead atoms. The zero-order valence-electron chi connectivity index (χ0n) is 15.1. The Hall–Kier alpha value is -2.60. The summed E-state index contributed by atoms with van der Waals surface area (Å²) < 4.78 is 18.7. The normalized spacial score (nSPS) is 16.9. The highest BCUT2D eigenvalue weighted by molar-refractivity contribution is 8.18. The molecule has 2 aromatic rings. The zero-order chi connectivity index (χ0) is 19.4. The van der Waals surface area contributed by atoms with Gasteiger partial charge in [-0.1, -0.05) is 31.2 Å². The Labute approximate surface area is 162 Å². The Morgan fingerprint density at radius 1 is 1.19 bits per heavy atom. The molecule has 1 aliphatic rings. The van der Waals surface area contributed by atoms with E-state index in [1.807, 2.05) is 32.0 Å². The fourth-order valence-corrected chi connectivity index (χ4v) is 3.57. The number of imide groups is 1. The van der Waals surface area contributed by atoms with Gasteiger partial charge in [0.1, 0.15) is 18.2 Å². The lowest BCUT2D eigenvalue weighted by Gasteiger charge is -2.19. The van der Waals surface area contributed by atoms with Gasteiger partial charge >= 0.3 is 0 Å². The fraction of sp³-hybridized carbons (Fsp3) is 0.238. The van der Waals surface area contributed by atoms with Gasteiger partial charge in [0.2, 0.25) is 0 Å². The summed E-state index contributed by atoms with van der Waals surface area (Å²) in [5, 5.41) is -0.232. The molecule has 27 heavy (non-hydrogen) atoms. The van der Waals surface area contributed by atoms with Crippen molar-refractivity contribution in [1.29, 1.82) is 0 Å². The summed E-state index contributed by atoms with van der Waals surface area (Å²) >= 11 is 0.960. The van der Waals surface area contributed by atoms with Crippen LogP contribution in [0, 0.1) is 5.82 Å². The maximum atomic E-state index is 13.0. The van der Waals surface area contributed by atoms with Crippen molar-refractivity contribution in [2.75, 3.05) is 0 Å². The Kier molecular flexibility index (Phi) is 5.96. The molecular formula is C21H20FNO3S. The van der Waals surface area contributed by atoms with Gasteiger partial charge in [-0.25, -0.2) is 4.39 Å². The molecule has 0 unspecified atom stereocenters. The number of ether oxygens (including phenoxy) is 1. The van der Waals surface area contributed by atoms with E-state index in [9.17, 15) is 14.0 Å². The molecule has 2 amide bonds. The largest absolute Gasteiger partial charge is 0.489 e. The SMILES string of the molecule is CC[C@@H](C)N1C(=O)S/C(=C/c2cccc(OCc3ccc(F)cc3)c2)C1=O. The van der Waals surface area contributed by atoms with Crippen LogP contribution in [-0.4, -0.2) is 22.1 Å². The maximum absolute atomic E-state index is 13.0. The van der Waals surface area contributed by atoms with Gasteiger partial charge in [-0.05, 0) is 66.6 Å². The van der Waals surface area contributed by atoms with Gasteiger partial charge in [0.15, 0.2) is 0 Å². The van der Waals surface area contributed by atoms with Gasteiger partial charge < -0.3 is 4.74 Å². The van der Waals surface area contributed by atoms with Gasteiger partial charge in [0.25, 0.3) is 11.1 Å². The Bertz CT molecular complexity index is 879. The van der Waals surface area contributed by atoms with Crippen LogP contribution in [0.15, 0.2) is 53.4 Å². The van der Waals surface area contributed by atoms with E-state index in [2.05, 4.69) is 0 Å². The van der Waals surface area contributed by atoms with Crippen molar-refractivity contribution in [3.8, 4) is 5.75 Å². The van der Waals surface area contributed by atoms with Crippen molar-refractivity contribution in [2.24, 2.45) is 0 Å². The summed E-state index contributed by atoms with van der Waals surface area (Å²) in [7, 11) is 0. The third kappa shape index (κ3) is 4.57. The number of carbonyl (C=O) groups excluding carboxylic acids is 2. The summed E-state index contributed by atoms with van der Waals surface area (Å²) in [6, 6.07) is 13.3. The standard InChI is InChI=1S/C21H20FNO3S/c1-3-14(2)23-20(24)19(27-21(23)25)12-16-5-4-6-18(11-16)26-13-15-7-9-17(22)10-8-15/h4-12,14H,3,13H2,1-2H3/b19-12+/t14-/m1/s1. The molecule has 1 atom stereocenters. The molecule has 3 rings (SSSR count). The molecule has 1 saturated heterocycles. The van der Waals surface area contributed by atoms with Crippen molar-refractivity contribution in [1.82, 2.24) is 4.90 Å². The number of halogens is 1. The van der Waals surface area contributed by atoms with Crippen molar-refractivity contribution in [2.45, 2.75) is 32.9 Å². The molecule has 0 N–H and O–H groups in total. The van der Waals surface area contributed by atoms with E-state index < -0.39 is 0 Å². The van der Waals surface area contributed by atoms with Gasteiger partial charge in [0.05, 0.1) is 4.91 Å². The van der Waals surface area contributed by atoms with Gasteiger partial charge in [0, 0.05) is 6.04 Å². The number of nitrogens with zero attached hydrogens (tertiary/aromatic N) is 1. The number of rotatable bonds is 6. The summed E-state index contributed by atoms with van der Waals surface area (Å²) in [5.41, 5.74) is 1.64. The van der Waals surface area contributed by atoms with E-state index in [1.165, 1.54) is 17.0 Å². The molecule has 6 heteroatoms. The minimum atomic E-state index is -0.285. The summed E-state index contributed by atoms with van der Waals surface area (Å²) in [4.78, 5) is 26.3.